The van der Waals surface area contributed by atoms with Gasteiger partial charge in [0.15, 0.2) is 0 Å². The Morgan fingerprint density at radius 2 is 1.83 bits per heavy atom. The number of fused-ring (bicyclic) bond motifs is 3. The fourth-order valence-corrected chi connectivity index (χ4v) is 7.28. The summed E-state index contributed by atoms with van der Waals surface area (Å²) >= 11 is 0. The van der Waals surface area contributed by atoms with E-state index in [0.717, 1.165) is 19.3 Å². The zero-order chi connectivity index (χ0) is 21.8. The summed E-state index contributed by atoms with van der Waals surface area (Å²) in [5.41, 5.74) is -1.17. The first-order valence-corrected chi connectivity index (χ1v) is 11.2. The van der Waals surface area contributed by atoms with Crippen LogP contribution in [0, 0.1) is 28.1 Å². The SMILES string of the molecule is C=C[C@]1(C)C[C@]2(O)CC[C@H]3C(C)(C)CCC[C@]3(C)[C@H]2[C@H](OC(=O)/C(C)=C/C)[C@H]1O. The van der Waals surface area contributed by atoms with Gasteiger partial charge in [-0.05, 0) is 62.7 Å². The molecule has 0 aromatic heterocycles. The van der Waals surface area contributed by atoms with E-state index >= 15 is 0 Å². The van der Waals surface area contributed by atoms with Crippen LogP contribution in [0.25, 0.3) is 0 Å². The Bertz CT molecular complexity index is 710. The van der Waals surface area contributed by atoms with E-state index in [4.69, 9.17) is 4.74 Å². The van der Waals surface area contributed by atoms with Gasteiger partial charge in [0.25, 0.3) is 0 Å². The molecular weight excluding hydrogens is 364 g/mol. The fourth-order valence-electron chi connectivity index (χ4n) is 7.28. The number of hydrogen-bond donors (Lipinski definition) is 2. The van der Waals surface area contributed by atoms with Gasteiger partial charge < -0.3 is 14.9 Å². The Kier molecular flexibility index (Phi) is 5.62. The lowest BCUT2D eigenvalue weighted by molar-refractivity contribution is -0.269. The van der Waals surface area contributed by atoms with Gasteiger partial charge in [0.1, 0.15) is 12.2 Å². The van der Waals surface area contributed by atoms with Crippen LogP contribution in [-0.4, -0.2) is 34.0 Å². The molecule has 3 fully saturated rings. The second kappa shape index (κ2) is 7.23. The van der Waals surface area contributed by atoms with Gasteiger partial charge in [0.05, 0.1) is 5.60 Å². The molecule has 4 heteroatoms. The molecule has 3 saturated carbocycles. The minimum Gasteiger partial charge on any atom is -0.456 e. The Hall–Kier alpha value is -1.13. The molecule has 3 aliphatic rings. The molecule has 0 aromatic rings. The summed E-state index contributed by atoms with van der Waals surface area (Å²) in [5.74, 6) is -0.267. The maximum Gasteiger partial charge on any atom is 0.333 e. The van der Waals surface area contributed by atoms with Gasteiger partial charge in [-0.2, -0.15) is 0 Å². The van der Waals surface area contributed by atoms with Gasteiger partial charge in [0, 0.05) is 16.9 Å². The van der Waals surface area contributed by atoms with Crippen LogP contribution in [0.4, 0.5) is 0 Å². The van der Waals surface area contributed by atoms with E-state index in [-0.39, 0.29) is 16.7 Å². The number of allylic oxidation sites excluding steroid dienone is 1. The Balaban J connectivity index is 2.11. The molecule has 4 nitrogen and oxygen atoms in total. The van der Waals surface area contributed by atoms with Crippen LogP contribution in [0.5, 0.6) is 0 Å². The van der Waals surface area contributed by atoms with Gasteiger partial charge in [0.2, 0.25) is 0 Å². The van der Waals surface area contributed by atoms with Crippen molar-refractivity contribution in [3.05, 3.63) is 24.3 Å². The van der Waals surface area contributed by atoms with Crippen LogP contribution in [0.2, 0.25) is 0 Å². The maximum absolute atomic E-state index is 12.7. The maximum atomic E-state index is 12.7. The van der Waals surface area contributed by atoms with Crippen LogP contribution in [-0.2, 0) is 9.53 Å². The summed E-state index contributed by atoms with van der Waals surface area (Å²) in [6.45, 7) is 16.3. The van der Waals surface area contributed by atoms with Gasteiger partial charge >= 0.3 is 5.97 Å². The van der Waals surface area contributed by atoms with Crippen LogP contribution >= 0.6 is 0 Å². The fraction of sp³-hybridized carbons (Fsp3) is 0.800. The highest BCUT2D eigenvalue weighted by molar-refractivity contribution is 5.87. The molecule has 29 heavy (non-hydrogen) atoms. The number of hydrogen-bond acceptors (Lipinski definition) is 4. The van der Waals surface area contributed by atoms with Crippen molar-refractivity contribution in [1.82, 2.24) is 0 Å². The lowest BCUT2D eigenvalue weighted by Gasteiger charge is -2.66. The highest BCUT2D eigenvalue weighted by atomic mass is 16.6. The monoisotopic (exact) mass is 404 g/mol. The average molecular weight is 405 g/mol. The summed E-state index contributed by atoms with van der Waals surface area (Å²) in [4.78, 5) is 12.7. The van der Waals surface area contributed by atoms with Crippen molar-refractivity contribution in [2.45, 2.75) is 97.9 Å². The lowest BCUT2D eigenvalue weighted by atomic mass is 9.41. The minimum absolute atomic E-state index is 0.173. The highest BCUT2D eigenvalue weighted by Crippen LogP contribution is 2.66. The molecular formula is C25H40O4. The number of aliphatic hydroxyl groups excluding tert-OH is 1. The van der Waals surface area contributed by atoms with Crippen molar-refractivity contribution in [2.75, 3.05) is 0 Å². The van der Waals surface area contributed by atoms with E-state index in [1.807, 2.05) is 6.92 Å². The van der Waals surface area contributed by atoms with Crippen LogP contribution in [0.15, 0.2) is 24.3 Å². The molecule has 7 atom stereocenters. The van der Waals surface area contributed by atoms with Gasteiger partial charge in [-0.25, -0.2) is 4.79 Å². The molecule has 0 bridgehead atoms. The van der Waals surface area contributed by atoms with E-state index in [0.29, 0.717) is 24.3 Å². The molecule has 0 radical (unpaired) electrons. The first-order chi connectivity index (χ1) is 13.3. The Morgan fingerprint density at radius 1 is 1.17 bits per heavy atom. The molecule has 0 saturated heterocycles. The molecule has 2 N–H and O–H groups in total. The summed E-state index contributed by atoms with van der Waals surface area (Å²) in [7, 11) is 0. The van der Waals surface area contributed by atoms with Crippen molar-refractivity contribution in [3.8, 4) is 0 Å². The molecule has 0 heterocycles. The number of ether oxygens (including phenoxy) is 1. The third-order valence-electron chi connectivity index (χ3n) is 8.90. The Labute approximate surface area is 176 Å². The molecule has 3 rings (SSSR count). The molecule has 0 spiro atoms. The number of esters is 1. The molecule has 3 aliphatic carbocycles. The molecule has 0 amide bonds. The third-order valence-corrected chi connectivity index (χ3v) is 8.90. The van der Waals surface area contributed by atoms with Crippen LogP contribution in [0.3, 0.4) is 0 Å². The highest BCUT2D eigenvalue weighted by Gasteiger charge is 2.68. The number of carbonyl (C=O) groups excluding carboxylic acids is 1. The first-order valence-electron chi connectivity index (χ1n) is 11.2. The largest absolute Gasteiger partial charge is 0.456 e. The van der Waals surface area contributed by atoms with E-state index in [9.17, 15) is 15.0 Å². The predicted molar refractivity (Wildman–Crippen MR) is 115 cm³/mol. The molecule has 0 aliphatic heterocycles. The molecule has 0 aromatic carbocycles. The van der Waals surface area contributed by atoms with Crippen molar-refractivity contribution < 1.29 is 19.7 Å². The summed E-state index contributed by atoms with van der Waals surface area (Å²) < 4.78 is 6.01. The number of rotatable bonds is 3. The normalized spacial score (nSPS) is 47.0. The summed E-state index contributed by atoms with van der Waals surface area (Å²) in [6, 6.07) is 0. The van der Waals surface area contributed by atoms with Crippen molar-refractivity contribution in [1.29, 1.82) is 0 Å². The van der Waals surface area contributed by atoms with E-state index in [2.05, 4.69) is 27.4 Å². The minimum atomic E-state index is -0.977. The van der Waals surface area contributed by atoms with Crippen molar-refractivity contribution in [2.24, 2.45) is 28.1 Å². The second-order valence-corrected chi connectivity index (χ2v) is 11.2. The summed E-state index contributed by atoms with van der Waals surface area (Å²) in [6.07, 6.45) is 7.17. The third kappa shape index (κ3) is 3.40. The van der Waals surface area contributed by atoms with Gasteiger partial charge in [-0.1, -0.05) is 46.3 Å². The van der Waals surface area contributed by atoms with E-state index in [1.165, 1.54) is 6.42 Å². The number of aliphatic hydroxyl groups is 2. The van der Waals surface area contributed by atoms with Crippen LogP contribution in [0.1, 0.15) is 80.1 Å². The van der Waals surface area contributed by atoms with Gasteiger partial charge in [-0.3, -0.25) is 0 Å². The van der Waals surface area contributed by atoms with E-state index < -0.39 is 29.2 Å². The summed E-state index contributed by atoms with van der Waals surface area (Å²) in [5, 5.41) is 23.4. The Morgan fingerprint density at radius 3 is 2.41 bits per heavy atom. The molecule has 0 unspecified atom stereocenters. The molecule has 164 valence electrons. The smallest absolute Gasteiger partial charge is 0.333 e. The first kappa shape index (κ1) is 22.6. The van der Waals surface area contributed by atoms with Crippen molar-refractivity contribution >= 4 is 5.97 Å². The quantitative estimate of drug-likeness (QED) is 0.403. The number of carbonyl (C=O) groups is 1. The average Bonchev–Trinajstić information content (AvgIpc) is 2.63. The topological polar surface area (TPSA) is 66.8 Å². The van der Waals surface area contributed by atoms with Crippen molar-refractivity contribution in [3.63, 3.8) is 0 Å². The van der Waals surface area contributed by atoms with E-state index in [1.54, 1.807) is 26.0 Å². The standard InChI is InChI=1S/C25H40O4/c1-8-16(3)21(27)29-18-19-24(7)13-10-12-22(4,5)17(24)11-14-25(19,28)15-23(6,9-2)20(18)26/h8-9,17-20,26,28H,2,10-15H2,1,3-7H3/b16-8+/t17-,18-,19+,20+,23+,24-,25+/m0/s1. The second-order valence-electron chi connectivity index (χ2n) is 11.2. The van der Waals surface area contributed by atoms with Crippen LogP contribution < -0.4 is 0 Å². The zero-order valence-corrected chi connectivity index (χ0v) is 19.1. The van der Waals surface area contributed by atoms with Gasteiger partial charge in [-0.15, -0.1) is 6.58 Å². The zero-order valence-electron chi connectivity index (χ0n) is 19.1. The predicted octanol–water partition coefficient (Wildman–Crippen LogP) is 4.80. The lowest BCUT2D eigenvalue weighted by Crippen LogP contribution is -2.70.